The van der Waals surface area contributed by atoms with Crippen molar-refractivity contribution in [3.05, 3.63) is 36.3 Å². The van der Waals surface area contributed by atoms with Gasteiger partial charge in [-0.15, -0.1) is 0 Å². The molecule has 7 fully saturated rings. The maximum absolute atomic E-state index is 12.0. The van der Waals surface area contributed by atoms with Gasteiger partial charge in [0, 0.05) is 54.8 Å². The molecule has 362 valence electrons. The Morgan fingerprint density at radius 1 is 0.672 bits per heavy atom. The van der Waals surface area contributed by atoms with E-state index < -0.39 is 18.7 Å². The molecule has 0 aromatic carbocycles. The number of hydrogen-bond donors (Lipinski definition) is 2. The molecule has 2 heterocycles. The summed E-state index contributed by atoms with van der Waals surface area (Å²) in [6, 6.07) is 0. The molecule has 2 saturated heterocycles. The van der Waals surface area contributed by atoms with E-state index >= 15 is 0 Å². The number of hydrogen-bond acceptors (Lipinski definition) is 12. The van der Waals surface area contributed by atoms with Crippen molar-refractivity contribution >= 4 is 11.9 Å². The third-order valence-corrected chi connectivity index (χ3v) is 18.3. The quantitative estimate of drug-likeness (QED) is 0.0562. The molecule has 12 nitrogen and oxygen atoms in total. The second-order valence-electron chi connectivity index (χ2n) is 22.0. The van der Waals surface area contributed by atoms with Crippen molar-refractivity contribution < 1.29 is 58.3 Å². The number of fused-ring (bicyclic) bond motifs is 10. The summed E-state index contributed by atoms with van der Waals surface area (Å²) in [5, 5.41) is 22.7. The molecule has 0 radical (unpaired) electrons. The second-order valence-corrected chi connectivity index (χ2v) is 22.0. The van der Waals surface area contributed by atoms with Crippen molar-refractivity contribution in [3.8, 4) is 0 Å². The third-order valence-electron chi connectivity index (χ3n) is 18.3. The number of aliphatic hydroxyl groups is 2. The lowest BCUT2D eigenvalue weighted by Crippen LogP contribution is -2.61. The zero-order valence-corrected chi connectivity index (χ0v) is 40.4. The summed E-state index contributed by atoms with van der Waals surface area (Å²) in [6.07, 6.45) is 14.5. The summed E-state index contributed by atoms with van der Waals surface area (Å²) >= 11 is 0. The molecule has 6 aliphatic carbocycles. The third kappa shape index (κ3) is 9.37. The fourth-order valence-corrected chi connectivity index (χ4v) is 14.6. The van der Waals surface area contributed by atoms with Crippen molar-refractivity contribution in [2.75, 3.05) is 13.2 Å². The minimum absolute atomic E-state index is 0.0176. The molecule has 8 rings (SSSR count). The van der Waals surface area contributed by atoms with E-state index in [1.165, 1.54) is 5.57 Å². The van der Waals surface area contributed by atoms with Crippen LogP contribution >= 0.6 is 0 Å². The lowest BCUT2D eigenvalue weighted by Gasteiger charge is -2.61. The van der Waals surface area contributed by atoms with Crippen LogP contribution in [0.1, 0.15) is 165 Å². The SMILES string of the molecule is C=C(CCC)OO[C@@H]1CC2=C[C@H](O)C3C(CC[C@@]4(C)C3CC[C@@H]4OC(=O)CC)[C@@]2(C)CO1.C=C(CCC)OO[C@@H]1CC2C[C@H](O)C3C(CC[C@@]4(C)C3CC[C@@H]4OC(=O)CC)[C@@]2(C)CO1. The normalized spacial score (nSPS) is 44.1. The van der Waals surface area contributed by atoms with Crippen LogP contribution in [0.25, 0.3) is 0 Å². The Hall–Kier alpha value is -2.48. The summed E-state index contributed by atoms with van der Waals surface area (Å²) in [6.45, 7) is 26.0. The summed E-state index contributed by atoms with van der Waals surface area (Å²) in [5.41, 5.74) is 1.00. The van der Waals surface area contributed by atoms with Crippen molar-refractivity contribution in [2.24, 2.45) is 63.1 Å². The van der Waals surface area contributed by atoms with Crippen molar-refractivity contribution in [2.45, 2.75) is 202 Å². The largest absolute Gasteiger partial charge is 0.462 e. The number of carbonyl (C=O) groups is 2. The van der Waals surface area contributed by atoms with Gasteiger partial charge in [0.1, 0.15) is 23.7 Å². The van der Waals surface area contributed by atoms with E-state index in [1.807, 2.05) is 13.8 Å². The minimum atomic E-state index is -0.497. The van der Waals surface area contributed by atoms with Crippen molar-refractivity contribution in [1.82, 2.24) is 0 Å². The molecule has 7 unspecified atom stereocenters. The average Bonchev–Trinajstić information content (AvgIpc) is 3.78. The van der Waals surface area contributed by atoms with E-state index in [0.717, 1.165) is 89.9 Å². The number of carbonyl (C=O) groups excluding carboxylic acids is 2. The number of allylic oxidation sites excluding steroid dienone is 2. The van der Waals surface area contributed by atoms with Crippen LogP contribution in [0.2, 0.25) is 0 Å². The van der Waals surface area contributed by atoms with E-state index in [9.17, 15) is 19.8 Å². The van der Waals surface area contributed by atoms with E-state index in [4.69, 9.17) is 38.5 Å². The number of ether oxygens (including phenoxy) is 4. The van der Waals surface area contributed by atoms with Gasteiger partial charge >= 0.3 is 11.9 Å². The monoisotopic (exact) mass is 899 g/mol. The maximum atomic E-state index is 12.0. The Bertz CT molecular complexity index is 1710. The van der Waals surface area contributed by atoms with Crippen LogP contribution in [0, 0.1) is 63.1 Å². The summed E-state index contributed by atoms with van der Waals surface area (Å²) in [4.78, 5) is 45.8. The van der Waals surface area contributed by atoms with Crippen LogP contribution < -0.4 is 0 Å². The molecule has 17 atom stereocenters. The van der Waals surface area contributed by atoms with Crippen LogP contribution in [-0.4, -0.2) is 72.4 Å². The topological polar surface area (TPSA) is 148 Å². The highest BCUT2D eigenvalue weighted by atomic mass is 17.2. The van der Waals surface area contributed by atoms with Gasteiger partial charge in [0.15, 0.2) is 0 Å². The van der Waals surface area contributed by atoms with Gasteiger partial charge in [-0.1, -0.05) is 80.2 Å². The van der Waals surface area contributed by atoms with E-state index in [0.29, 0.717) is 73.6 Å². The van der Waals surface area contributed by atoms with Crippen LogP contribution in [0.4, 0.5) is 0 Å². The molecule has 0 aromatic heterocycles. The van der Waals surface area contributed by atoms with Gasteiger partial charge in [-0.2, -0.15) is 9.78 Å². The zero-order chi connectivity index (χ0) is 46.2. The van der Waals surface area contributed by atoms with Crippen LogP contribution in [-0.2, 0) is 48.1 Å². The Kier molecular flexibility index (Phi) is 15.5. The molecule has 64 heavy (non-hydrogen) atoms. The molecular formula is C52H82O12. The van der Waals surface area contributed by atoms with Gasteiger partial charge in [-0.25, -0.2) is 0 Å². The maximum Gasteiger partial charge on any atom is 0.305 e. The highest BCUT2D eigenvalue weighted by Crippen LogP contribution is 2.67. The van der Waals surface area contributed by atoms with Crippen LogP contribution in [0.15, 0.2) is 36.3 Å². The second kappa shape index (κ2) is 20.0. The van der Waals surface area contributed by atoms with Crippen molar-refractivity contribution in [1.29, 1.82) is 0 Å². The molecule has 0 spiro atoms. The Morgan fingerprint density at radius 2 is 1.19 bits per heavy atom. The van der Waals surface area contributed by atoms with E-state index in [2.05, 4.69) is 60.8 Å². The van der Waals surface area contributed by atoms with Crippen LogP contribution in [0.3, 0.4) is 0 Å². The van der Waals surface area contributed by atoms with E-state index in [1.54, 1.807) is 0 Å². The Balaban J connectivity index is 0.000000191. The number of esters is 2. The average molecular weight is 899 g/mol. The van der Waals surface area contributed by atoms with Crippen LogP contribution in [0.5, 0.6) is 0 Å². The van der Waals surface area contributed by atoms with Gasteiger partial charge < -0.3 is 38.9 Å². The smallest absolute Gasteiger partial charge is 0.305 e. The lowest BCUT2D eigenvalue weighted by molar-refractivity contribution is -0.383. The Morgan fingerprint density at radius 3 is 1.75 bits per heavy atom. The molecular weight excluding hydrogens is 817 g/mol. The fourth-order valence-electron chi connectivity index (χ4n) is 14.6. The molecule has 2 N–H and O–H groups in total. The first-order chi connectivity index (χ1) is 30.4. The molecule has 0 aromatic rings. The molecule has 8 aliphatic rings. The predicted octanol–water partition coefficient (Wildman–Crippen LogP) is 10.2. The van der Waals surface area contributed by atoms with Gasteiger partial charge in [-0.05, 0) is 117 Å². The molecule has 0 bridgehead atoms. The molecule has 5 saturated carbocycles. The Labute approximate surface area is 383 Å². The summed E-state index contributed by atoms with van der Waals surface area (Å²) in [5.74, 6) is 3.22. The lowest BCUT2D eigenvalue weighted by atomic mass is 9.46. The fraction of sp³-hybridized carbons (Fsp3) is 0.846. The number of aliphatic hydroxyl groups excluding tert-OH is 2. The first-order valence-corrected chi connectivity index (χ1v) is 25.2. The number of rotatable bonds is 14. The van der Waals surface area contributed by atoms with Gasteiger partial charge in [0.05, 0.1) is 25.4 Å². The van der Waals surface area contributed by atoms with Crippen molar-refractivity contribution in [3.63, 3.8) is 0 Å². The summed E-state index contributed by atoms with van der Waals surface area (Å²) in [7, 11) is 0. The highest BCUT2D eigenvalue weighted by Gasteiger charge is 2.65. The standard InChI is InChI=1S/C26H42O6.C26H40O6/c2*1-6-8-16(3)31-32-23-14-17-13-20(27)24-18-9-10-21(30-22(28)7-2)25(18,4)12-11-19(24)26(17,5)15-29-23/h17-21,23-24,27H,3,6-15H2,1-2,4-5H3;13,18-21,23-24,27H,3,6-12,14-15H2,1-2,4-5H3/t17?,18?,19?,20-,21-,23+,24?,25-,26-;18?,19?,20-,21-,23+,24?,25-,26-/m00/s1. The first kappa shape index (κ1) is 49.4. The summed E-state index contributed by atoms with van der Waals surface area (Å²) < 4.78 is 24.0. The molecule has 12 heteroatoms. The highest BCUT2D eigenvalue weighted by molar-refractivity contribution is 5.69. The predicted molar refractivity (Wildman–Crippen MR) is 240 cm³/mol. The van der Waals surface area contributed by atoms with E-state index in [-0.39, 0.29) is 63.7 Å². The van der Waals surface area contributed by atoms with Gasteiger partial charge in [0.2, 0.25) is 12.6 Å². The molecule has 0 amide bonds. The zero-order valence-electron chi connectivity index (χ0n) is 40.4. The van der Waals surface area contributed by atoms with Gasteiger partial charge in [-0.3, -0.25) is 9.59 Å². The van der Waals surface area contributed by atoms with Gasteiger partial charge in [0.25, 0.3) is 0 Å². The minimum Gasteiger partial charge on any atom is -0.462 e. The molecule has 2 aliphatic heterocycles. The first-order valence-electron chi connectivity index (χ1n) is 25.2.